The minimum atomic E-state index is -1.51. The summed E-state index contributed by atoms with van der Waals surface area (Å²) in [5, 5.41) is 16.0. The van der Waals surface area contributed by atoms with Gasteiger partial charge in [-0.05, 0) is 48.4 Å². The lowest BCUT2D eigenvalue weighted by atomic mass is 9.96. The summed E-state index contributed by atoms with van der Waals surface area (Å²) in [6.45, 7) is 1.27. The van der Waals surface area contributed by atoms with Gasteiger partial charge in [0, 0.05) is 12.1 Å². The van der Waals surface area contributed by atoms with Crippen LogP contribution in [0.15, 0.2) is 36.4 Å². The van der Waals surface area contributed by atoms with Gasteiger partial charge >= 0.3 is 11.9 Å². The van der Waals surface area contributed by atoms with Crippen LogP contribution < -0.4 is 10.6 Å². The molecule has 0 radical (unpaired) electrons. The Morgan fingerprint density at radius 1 is 1.07 bits per heavy atom. The highest BCUT2D eigenvalue weighted by molar-refractivity contribution is 6.33. The summed E-state index contributed by atoms with van der Waals surface area (Å²) in [6.07, 6.45) is 0.600. The minimum Gasteiger partial charge on any atom is -0.416 e. The Morgan fingerprint density at radius 2 is 1.77 bits per heavy atom. The third kappa shape index (κ3) is 3.97. The zero-order chi connectivity index (χ0) is 21.1. The van der Waals surface area contributed by atoms with Crippen molar-refractivity contribution in [3.63, 3.8) is 0 Å². The van der Waals surface area contributed by atoms with E-state index in [2.05, 4.69) is 16.7 Å². The van der Waals surface area contributed by atoms with Gasteiger partial charge in [-0.25, -0.2) is 0 Å². The molecule has 1 saturated heterocycles. The van der Waals surface area contributed by atoms with Crippen LogP contribution >= 0.6 is 11.6 Å². The highest BCUT2D eigenvalue weighted by atomic mass is 35.5. The molecule has 2 aliphatic heterocycles. The van der Waals surface area contributed by atoms with E-state index >= 15 is 0 Å². The first-order valence-corrected chi connectivity index (χ1v) is 10.1. The van der Waals surface area contributed by atoms with E-state index in [1.807, 2.05) is 12.1 Å². The first kappa shape index (κ1) is 20.2. The van der Waals surface area contributed by atoms with Crippen LogP contribution in [0.2, 0.25) is 5.02 Å². The van der Waals surface area contributed by atoms with E-state index < -0.39 is 17.7 Å². The van der Waals surface area contributed by atoms with Crippen LogP contribution in [-0.4, -0.2) is 25.0 Å². The van der Waals surface area contributed by atoms with E-state index in [1.54, 1.807) is 24.3 Å². The normalized spacial score (nSPS) is 17.7. The Balaban J connectivity index is 1.70. The first-order chi connectivity index (χ1) is 14.5. The van der Waals surface area contributed by atoms with Crippen molar-refractivity contribution in [3.8, 4) is 6.07 Å². The predicted molar refractivity (Wildman–Crippen MR) is 110 cm³/mol. The second kappa shape index (κ2) is 8.34. The van der Waals surface area contributed by atoms with Crippen molar-refractivity contribution < 1.29 is 19.1 Å². The number of rotatable bonds is 3. The van der Waals surface area contributed by atoms with E-state index in [1.165, 1.54) is 0 Å². The van der Waals surface area contributed by atoms with Gasteiger partial charge in [0.15, 0.2) is 0 Å². The van der Waals surface area contributed by atoms with Crippen molar-refractivity contribution in [1.82, 2.24) is 5.32 Å². The second-order valence-electron chi connectivity index (χ2n) is 7.24. The average Bonchev–Trinajstić information content (AvgIpc) is 3.00. The van der Waals surface area contributed by atoms with Crippen LogP contribution in [0.25, 0.3) is 0 Å². The lowest BCUT2D eigenvalue weighted by molar-refractivity contribution is -0.225. The average molecular weight is 426 g/mol. The molecule has 30 heavy (non-hydrogen) atoms. The maximum atomic E-state index is 12.2. The molecule has 0 aromatic heterocycles. The molecule has 2 N–H and O–H groups in total. The van der Waals surface area contributed by atoms with Gasteiger partial charge in [-0.15, -0.1) is 0 Å². The molecule has 4 rings (SSSR count). The van der Waals surface area contributed by atoms with Gasteiger partial charge in [0.2, 0.25) is 0 Å². The largest absolute Gasteiger partial charge is 0.416 e. The molecule has 0 unspecified atom stereocenters. The molecular formula is C22H20ClN3O4. The van der Waals surface area contributed by atoms with Crippen molar-refractivity contribution in [2.24, 2.45) is 0 Å². The highest BCUT2D eigenvalue weighted by Crippen LogP contribution is 2.40. The lowest BCUT2D eigenvalue weighted by Crippen LogP contribution is -2.43. The van der Waals surface area contributed by atoms with Crippen molar-refractivity contribution in [3.05, 3.63) is 63.7 Å². The van der Waals surface area contributed by atoms with Crippen LogP contribution in [0.1, 0.15) is 35.1 Å². The number of nitriles is 1. The van der Waals surface area contributed by atoms with Gasteiger partial charge in [0.25, 0.3) is 5.79 Å². The number of anilines is 1. The van der Waals surface area contributed by atoms with E-state index in [4.69, 9.17) is 26.3 Å². The molecule has 0 atom stereocenters. The summed E-state index contributed by atoms with van der Waals surface area (Å²) in [5.74, 6) is -2.46. The Labute approximate surface area is 178 Å². The molecule has 0 saturated carbocycles. The SMILES string of the molecule is N#Cc1ccc(CNc2c(Cl)ccc3c2CCNCC32OC(=O)CCC(=O)O2)cc1. The zero-order valence-electron chi connectivity index (χ0n) is 16.2. The number of carbonyl (C=O) groups is 2. The van der Waals surface area contributed by atoms with Crippen LogP contribution in [0, 0.1) is 11.3 Å². The standard InChI is InChI=1S/C22H20ClN3O4/c23-18-6-5-17-16(21(18)26-12-15-3-1-14(11-24)2-4-15)9-10-25-13-22(17)29-19(27)7-8-20(28)30-22/h1-6,25-26H,7-10,12-13H2. The quantitative estimate of drug-likeness (QED) is 0.729. The van der Waals surface area contributed by atoms with Gasteiger partial charge in [-0.1, -0.05) is 23.7 Å². The molecule has 1 spiro atoms. The van der Waals surface area contributed by atoms with Crippen molar-refractivity contribution in [2.75, 3.05) is 18.4 Å². The van der Waals surface area contributed by atoms with Crippen LogP contribution in [0.3, 0.4) is 0 Å². The molecule has 2 aromatic carbocycles. The van der Waals surface area contributed by atoms with E-state index in [9.17, 15) is 9.59 Å². The molecule has 0 aliphatic carbocycles. The molecule has 0 amide bonds. The van der Waals surface area contributed by atoms with E-state index in [0.29, 0.717) is 41.3 Å². The number of hydrogen-bond acceptors (Lipinski definition) is 7. The second-order valence-corrected chi connectivity index (χ2v) is 7.65. The summed E-state index contributed by atoms with van der Waals surface area (Å²) in [5.41, 5.74) is 3.73. The monoisotopic (exact) mass is 425 g/mol. The predicted octanol–water partition coefficient (Wildman–Crippen LogP) is 3.00. The van der Waals surface area contributed by atoms with Crippen LogP contribution in [0.5, 0.6) is 0 Å². The van der Waals surface area contributed by atoms with Gasteiger partial charge in [0.05, 0.1) is 41.7 Å². The number of carbonyl (C=O) groups excluding carboxylic acids is 2. The fraction of sp³-hybridized carbons (Fsp3) is 0.318. The Hall–Kier alpha value is -3.08. The van der Waals surface area contributed by atoms with Gasteiger partial charge in [-0.3, -0.25) is 9.59 Å². The molecule has 0 bridgehead atoms. The van der Waals surface area contributed by atoms with Gasteiger partial charge in [-0.2, -0.15) is 5.26 Å². The molecule has 2 aromatic rings. The molecule has 8 heteroatoms. The molecule has 1 fully saturated rings. The van der Waals surface area contributed by atoms with Crippen molar-refractivity contribution >= 4 is 29.2 Å². The van der Waals surface area contributed by atoms with Gasteiger partial charge in [0.1, 0.15) is 0 Å². The number of fused-ring (bicyclic) bond motifs is 2. The minimum absolute atomic E-state index is 0.00664. The number of nitrogens with one attached hydrogen (secondary N) is 2. The Morgan fingerprint density at radius 3 is 2.43 bits per heavy atom. The fourth-order valence-corrected chi connectivity index (χ4v) is 4.00. The number of hydrogen-bond donors (Lipinski definition) is 2. The lowest BCUT2D eigenvalue weighted by Gasteiger charge is -2.32. The first-order valence-electron chi connectivity index (χ1n) is 9.70. The van der Waals surface area contributed by atoms with E-state index in [0.717, 1.165) is 11.1 Å². The fourth-order valence-electron chi connectivity index (χ4n) is 3.75. The Bertz CT molecular complexity index is 1010. The number of nitrogens with zero attached hydrogens (tertiary/aromatic N) is 1. The summed E-state index contributed by atoms with van der Waals surface area (Å²) in [6, 6.07) is 12.8. The molecular weight excluding hydrogens is 406 g/mol. The third-order valence-corrected chi connectivity index (χ3v) is 5.54. The van der Waals surface area contributed by atoms with Crippen LogP contribution in [-0.2, 0) is 37.8 Å². The summed E-state index contributed by atoms with van der Waals surface area (Å²) in [7, 11) is 0. The Kier molecular flexibility index (Phi) is 5.62. The van der Waals surface area contributed by atoms with Crippen molar-refractivity contribution in [1.29, 1.82) is 5.26 Å². The molecule has 154 valence electrons. The molecule has 2 aliphatic rings. The smallest absolute Gasteiger partial charge is 0.309 e. The topological polar surface area (TPSA) is 100 Å². The van der Waals surface area contributed by atoms with Gasteiger partial charge < -0.3 is 20.1 Å². The number of esters is 2. The number of halogens is 1. The number of ether oxygens (including phenoxy) is 2. The maximum absolute atomic E-state index is 12.2. The van der Waals surface area contributed by atoms with Crippen LogP contribution in [0.4, 0.5) is 5.69 Å². The summed E-state index contributed by atoms with van der Waals surface area (Å²) < 4.78 is 11.3. The molecule has 7 nitrogen and oxygen atoms in total. The maximum Gasteiger partial charge on any atom is 0.309 e. The highest BCUT2D eigenvalue weighted by Gasteiger charge is 2.45. The molecule has 2 heterocycles. The summed E-state index contributed by atoms with van der Waals surface area (Å²) in [4.78, 5) is 24.4. The van der Waals surface area contributed by atoms with Crippen molar-refractivity contribution in [2.45, 2.75) is 31.6 Å². The summed E-state index contributed by atoms with van der Waals surface area (Å²) >= 11 is 6.50. The van der Waals surface area contributed by atoms with E-state index in [-0.39, 0.29) is 19.4 Å². The zero-order valence-corrected chi connectivity index (χ0v) is 16.9. The third-order valence-electron chi connectivity index (χ3n) is 5.22. The number of benzene rings is 2.